The number of thiocarbonyl (C=S) groups is 1. The Morgan fingerprint density at radius 3 is 2.85 bits per heavy atom. The minimum absolute atomic E-state index is 0. The molecule has 0 atom stereocenters. The van der Waals surface area contributed by atoms with Gasteiger partial charge >= 0.3 is 0 Å². The largest absolute Gasteiger partial charge is 0.371 e. The first kappa shape index (κ1) is 12.3. The zero-order chi connectivity index (χ0) is 8.81. The smallest absolute Gasteiger partial charge is 0.130 e. The van der Waals surface area contributed by atoms with Crippen molar-refractivity contribution in [1.29, 1.82) is 0 Å². The van der Waals surface area contributed by atoms with Gasteiger partial charge in [-0.25, -0.2) is 0 Å². The third kappa shape index (κ3) is 5.57. The van der Waals surface area contributed by atoms with Crippen molar-refractivity contribution < 1.29 is 0 Å². The molecule has 1 aromatic heterocycles. The van der Waals surface area contributed by atoms with Gasteiger partial charge in [0.25, 0.3) is 0 Å². The average molecular weight is 215 g/mol. The second-order valence-corrected chi connectivity index (χ2v) is 3.46. The molecule has 72 valence electrons. The SMILES string of the molecule is N.S=C(S)NCCc1ccccn1. The molecule has 0 amide bonds. The highest BCUT2D eigenvalue weighted by Crippen LogP contribution is 1.93. The lowest BCUT2D eigenvalue weighted by Crippen LogP contribution is -2.19. The van der Waals surface area contributed by atoms with Gasteiger partial charge in [-0.15, -0.1) is 12.6 Å². The van der Waals surface area contributed by atoms with Crippen LogP contribution in [0.15, 0.2) is 24.4 Å². The van der Waals surface area contributed by atoms with Crippen LogP contribution in [-0.2, 0) is 6.42 Å². The first-order chi connectivity index (χ1) is 5.79. The number of rotatable bonds is 3. The molecule has 0 fully saturated rings. The molecule has 0 aliphatic heterocycles. The quantitative estimate of drug-likeness (QED) is 0.529. The van der Waals surface area contributed by atoms with Crippen molar-refractivity contribution in [2.24, 2.45) is 0 Å². The Bertz CT molecular complexity index is 251. The number of nitrogens with zero attached hydrogens (tertiary/aromatic N) is 1. The maximum Gasteiger partial charge on any atom is 0.130 e. The van der Waals surface area contributed by atoms with Crippen molar-refractivity contribution in [3.05, 3.63) is 30.1 Å². The van der Waals surface area contributed by atoms with Crippen molar-refractivity contribution in [1.82, 2.24) is 16.5 Å². The summed E-state index contributed by atoms with van der Waals surface area (Å²) < 4.78 is 0.533. The van der Waals surface area contributed by atoms with E-state index in [2.05, 4.69) is 22.9 Å². The average Bonchev–Trinajstić information content (AvgIpc) is 2.05. The Morgan fingerprint density at radius 1 is 1.54 bits per heavy atom. The number of aromatic nitrogens is 1. The molecule has 13 heavy (non-hydrogen) atoms. The lowest BCUT2D eigenvalue weighted by atomic mass is 10.3. The predicted molar refractivity (Wildman–Crippen MR) is 62.5 cm³/mol. The number of hydrogen-bond donors (Lipinski definition) is 3. The van der Waals surface area contributed by atoms with Gasteiger partial charge in [0.1, 0.15) is 4.32 Å². The normalized spacial score (nSPS) is 8.69. The molecule has 0 aliphatic rings. The zero-order valence-electron chi connectivity index (χ0n) is 7.23. The number of hydrogen-bond acceptors (Lipinski definition) is 3. The first-order valence-electron chi connectivity index (χ1n) is 3.66. The van der Waals surface area contributed by atoms with Crippen LogP contribution in [0, 0.1) is 0 Å². The standard InChI is InChI=1S/C8H10N2S2.H3N/c11-8(12)10-6-4-7-3-1-2-5-9-7;/h1-3,5H,4,6H2,(H2,10,11,12);1H3. The first-order valence-corrected chi connectivity index (χ1v) is 4.51. The van der Waals surface area contributed by atoms with Crippen molar-refractivity contribution in [2.75, 3.05) is 6.54 Å². The van der Waals surface area contributed by atoms with E-state index >= 15 is 0 Å². The van der Waals surface area contributed by atoms with E-state index in [1.54, 1.807) is 6.20 Å². The van der Waals surface area contributed by atoms with Crippen LogP contribution in [0.1, 0.15) is 5.69 Å². The van der Waals surface area contributed by atoms with Crippen LogP contribution in [0.2, 0.25) is 0 Å². The van der Waals surface area contributed by atoms with Gasteiger partial charge in [-0.3, -0.25) is 4.98 Å². The van der Waals surface area contributed by atoms with E-state index in [-0.39, 0.29) is 6.15 Å². The molecule has 0 spiro atoms. The molecule has 1 heterocycles. The van der Waals surface area contributed by atoms with Gasteiger partial charge in [0, 0.05) is 24.9 Å². The Hall–Kier alpha value is -0.650. The van der Waals surface area contributed by atoms with Gasteiger partial charge in [0.05, 0.1) is 0 Å². The molecule has 1 aromatic rings. The highest BCUT2D eigenvalue weighted by Gasteiger charge is 1.92. The Labute approximate surface area is 88.9 Å². The van der Waals surface area contributed by atoms with E-state index in [1.807, 2.05) is 18.2 Å². The summed E-state index contributed by atoms with van der Waals surface area (Å²) in [7, 11) is 0. The summed E-state index contributed by atoms with van der Waals surface area (Å²) in [6.07, 6.45) is 2.66. The van der Waals surface area contributed by atoms with E-state index in [4.69, 9.17) is 12.2 Å². The summed E-state index contributed by atoms with van der Waals surface area (Å²) in [5.41, 5.74) is 1.06. The topological polar surface area (TPSA) is 59.9 Å². The molecule has 0 saturated carbocycles. The van der Waals surface area contributed by atoms with Crippen LogP contribution in [0.25, 0.3) is 0 Å². The summed E-state index contributed by atoms with van der Waals surface area (Å²) in [6, 6.07) is 5.87. The molecule has 0 aliphatic carbocycles. The summed E-state index contributed by atoms with van der Waals surface area (Å²) in [4.78, 5) is 4.17. The second-order valence-electron chi connectivity index (χ2n) is 2.30. The molecule has 1 rings (SSSR count). The summed E-state index contributed by atoms with van der Waals surface area (Å²) in [5.74, 6) is 0. The van der Waals surface area contributed by atoms with Gasteiger partial charge in [-0.05, 0) is 12.1 Å². The van der Waals surface area contributed by atoms with Gasteiger partial charge < -0.3 is 11.5 Å². The van der Waals surface area contributed by atoms with E-state index in [0.29, 0.717) is 4.32 Å². The minimum Gasteiger partial charge on any atom is -0.371 e. The van der Waals surface area contributed by atoms with E-state index < -0.39 is 0 Å². The third-order valence-electron chi connectivity index (χ3n) is 1.38. The van der Waals surface area contributed by atoms with Crippen molar-refractivity contribution in [3.8, 4) is 0 Å². The van der Waals surface area contributed by atoms with Gasteiger partial charge in [-0.2, -0.15) is 0 Å². The molecule has 0 bridgehead atoms. The summed E-state index contributed by atoms with van der Waals surface area (Å²) in [5, 5.41) is 2.95. The number of pyridine rings is 1. The van der Waals surface area contributed by atoms with E-state index in [9.17, 15) is 0 Å². The maximum absolute atomic E-state index is 4.74. The lowest BCUT2D eigenvalue weighted by Gasteiger charge is -2.01. The fraction of sp³-hybridized carbons (Fsp3) is 0.250. The zero-order valence-corrected chi connectivity index (χ0v) is 8.94. The molecule has 5 heteroatoms. The monoisotopic (exact) mass is 215 g/mol. The minimum atomic E-state index is 0. The maximum atomic E-state index is 4.74. The summed E-state index contributed by atoms with van der Waals surface area (Å²) >= 11 is 8.69. The van der Waals surface area contributed by atoms with Crippen LogP contribution >= 0.6 is 24.8 Å². The van der Waals surface area contributed by atoms with Crippen molar-refractivity contribution >= 4 is 29.2 Å². The van der Waals surface area contributed by atoms with E-state index in [1.165, 1.54) is 0 Å². The Morgan fingerprint density at radius 2 is 2.31 bits per heavy atom. The predicted octanol–water partition coefficient (Wildman–Crippen LogP) is 1.59. The number of thiol groups is 1. The molecule has 0 aromatic carbocycles. The Balaban J connectivity index is 0.00000144. The van der Waals surface area contributed by atoms with Crippen LogP contribution < -0.4 is 11.5 Å². The highest BCUT2D eigenvalue weighted by molar-refractivity contribution is 8.11. The summed E-state index contributed by atoms with van der Waals surface area (Å²) in [6.45, 7) is 0.791. The Kier molecular flexibility index (Phi) is 6.48. The second kappa shape index (κ2) is 6.82. The van der Waals surface area contributed by atoms with Crippen LogP contribution in [0.5, 0.6) is 0 Å². The molecule has 0 radical (unpaired) electrons. The fourth-order valence-electron chi connectivity index (χ4n) is 0.844. The lowest BCUT2D eigenvalue weighted by molar-refractivity contribution is 0.855. The van der Waals surface area contributed by atoms with Crippen LogP contribution in [-0.4, -0.2) is 15.8 Å². The van der Waals surface area contributed by atoms with Crippen LogP contribution in [0.4, 0.5) is 0 Å². The number of nitrogens with one attached hydrogen (secondary N) is 1. The van der Waals surface area contributed by atoms with Crippen molar-refractivity contribution in [2.45, 2.75) is 6.42 Å². The fourth-order valence-corrected chi connectivity index (χ4v) is 1.06. The molecule has 0 saturated heterocycles. The third-order valence-corrected chi connectivity index (χ3v) is 1.69. The van der Waals surface area contributed by atoms with Crippen molar-refractivity contribution in [3.63, 3.8) is 0 Å². The molecule has 4 N–H and O–H groups in total. The van der Waals surface area contributed by atoms with Gasteiger partial charge in [-0.1, -0.05) is 18.3 Å². The van der Waals surface area contributed by atoms with Gasteiger partial charge in [0.15, 0.2) is 0 Å². The highest BCUT2D eigenvalue weighted by atomic mass is 32.1. The van der Waals surface area contributed by atoms with Crippen LogP contribution in [0.3, 0.4) is 0 Å². The molecular formula is C8H13N3S2. The van der Waals surface area contributed by atoms with Gasteiger partial charge in [0.2, 0.25) is 0 Å². The van der Waals surface area contributed by atoms with E-state index in [0.717, 1.165) is 18.7 Å². The molecular weight excluding hydrogens is 202 g/mol. The molecule has 3 nitrogen and oxygen atoms in total. The molecule has 0 unspecified atom stereocenters.